The summed E-state index contributed by atoms with van der Waals surface area (Å²) in [6.07, 6.45) is 0. The molecule has 4 heteroatoms. The zero-order chi connectivity index (χ0) is 48.5. The monoisotopic (exact) mass is 930 g/mol. The fraction of sp³-hybridized carbons (Fsp3) is 0. The summed E-state index contributed by atoms with van der Waals surface area (Å²) in [5.41, 5.74) is 19.9. The summed E-state index contributed by atoms with van der Waals surface area (Å²) in [6.45, 7) is 0. The van der Waals surface area contributed by atoms with Gasteiger partial charge in [-0.2, -0.15) is 0 Å². The second-order valence-electron chi connectivity index (χ2n) is 18.4. The van der Waals surface area contributed by atoms with Gasteiger partial charge in [0.05, 0.1) is 11.0 Å². The molecule has 4 nitrogen and oxygen atoms in total. The van der Waals surface area contributed by atoms with Crippen LogP contribution in [-0.2, 0) is 0 Å². The van der Waals surface area contributed by atoms with E-state index in [1.54, 1.807) is 0 Å². The van der Waals surface area contributed by atoms with E-state index in [-0.39, 0.29) is 0 Å². The van der Waals surface area contributed by atoms with Gasteiger partial charge in [0, 0.05) is 33.2 Å². The SMILES string of the molecule is c1ccc(-c2cccc(-c3cccc(-c4ccc(-c5nc(-c6ccc(-c7cccc(-n8c9ccccc9c9ccccc98)c7)cc6)nc(-c6ccccc6-c6cccc(-c7ccccc7)c6)n5)cc4)c3)c2)cc1. The standard InChI is InChI=1S/C69H46N4/c1-3-17-47(18-4-1)53-21-13-24-56(43-53)57-25-14-22-54(44-57)49-35-39-51(40-36-49)67-70-68(72-69(71-67)64-32-8-7-29-61(64)59-27-15-23-55(45-59)48-19-5-2-6-20-48)52-41-37-50(38-42-52)58-26-16-28-60(46-58)73-65-33-11-9-30-62(65)63-31-10-12-34-66(63)73/h1-46H. The Kier molecular flexibility index (Phi) is 11.2. The van der Waals surface area contributed by atoms with Gasteiger partial charge in [0.15, 0.2) is 17.5 Å². The van der Waals surface area contributed by atoms with Crippen LogP contribution in [0.2, 0.25) is 0 Å². The largest absolute Gasteiger partial charge is 0.309 e. The molecule has 0 saturated carbocycles. The van der Waals surface area contributed by atoms with Crippen molar-refractivity contribution in [2.75, 3.05) is 0 Å². The Bertz CT molecular complexity index is 4070. The van der Waals surface area contributed by atoms with Crippen molar-refractivity contribution in [3.8, 4) is 107 Å². The molecule has 0 radical (unpaired) electrons. The van der Waals surface area contributed by atoms with Crippen LogP contribution in [0.1, 0.15) is 0 Å². The summed E-state index contributed by atoms with van der Waals surface area (Å²) in [7, 11) is 0. The molecule has 73 heavy (non-hydrogen) atoms. The van der Waals surface area contributed by atoms with E-state index in [1.807, 2.05) is 0 Å². The van der Waals surface area contributed by atoms with Crippen molar-refractivity contribution < 1.29 is 0 Å². The van der Waals surface area contributed by atoms with Crippen LogP contribution in [0.15, 0.2) is 279 Å². The number of hydrogen-bond donors (Lipinski definition) is 0. The Morgan fingerprint density at radius 1 is 0.205 bits per heavy atom. The number of para-hydroxylation sites is 2. The lowest BCUT2D eigenvalue weighted by Gasteiger charge is -2.14. The average Bonchev–Trinajstić information content (AvgIpc) is 3.82. The molecule has 0 N–H and O–H groups in total. The third-order valence-corrected chi connectivity index (χ3v) is 13.9. The molecule has 0 atom stereocenters. The molecule has 0 amide bonds. The fourth-order valence-corrected chi connectivity index (χ4v) is 10.2. The molecule has 0 saturated heterocycles. The van der Waals surface area contributed by atoms with Crippen LogP contribution >= 0.6 is 0 Å². The maximum Gasteiger partial charge on any atom is 0.164 e. The maximum absolute atomic E-state index is 5.28. The Labute approximate surface area is 424 Å². The highest BCUT2D eigenvalue weighted by Gasteiger charge is 2.18. The van der Waals surface area contributed by atoms with Crippen molar-refractivity contribution in [2.45, 2.75) is 0 Å². The summed E-state index contributed by atoms with van der Waals surface area (Å²) < 4.78 is 2.36. The molecule has 0 aliphatic rings. The molecule has 0 bridgehead atoms. The molecule has 11 aromatic carbocycles. The second kappa shape index (κ2) is 18.9. The predicted molar refractivity (Wildman–Crippen MR) is 303 cm³/mol. The summed E-state index contributed by atoms with van der Waals surface area (Å²) in [4.78, 5) is 15.8. The van der Waals surface area contributed by atoms with Crippen LogP contribution in [0.5, 0.6) is 0 Å². The molecule has 342 valence electrons. The highest BCUT2D eigenvalue weighted by Crippen LogP contribution is 2.37. The molecule has 0 spiro atoms. The molecule has 0 aliphatic carbocycles. The van der Waals surface area contributed by atoms with Crippen LogP contribution in [0.25, 0.3) is 128 Å². The molecule has 0 aliphatic heterocycles. The van der Waals surface area contributed by atoms with Gasteiger partial charge >= 0.3 is 0 Å². The van der Waals surface area contributed by atoms with Crippen molar-refractivity contribution >= 4 is 21.8 Å². The lowest BCUT2D eigenvalue weighted by molar-refractivity contribution is 1.07. The molecule has 13 rings (SSSR count). The number of aromatic nitrogens is 4. The Balaban J connectivity index is 0.874. The van der Waals surface area contributed by atoms with E-state index in [2.05, 4.69) is 284 Å². The minimum atomic E-state index is 0.605. The number of nitrogens with zero attached hydrogens (tertiary/aromatic N) is 4. The minimum absolute atomic E-state index is 0.605. The molecule has 0 unspecified atom stereocenters. The van der Waals surface area contributed by atoms with Crippen molar-refractivity contribution in [3.63, 3.8) is 0 Å². The quantitative estimate of drug-likeness (QED) is 0.137. The lowest BCUT2D eigenvalue weighted by Crippen LogP contribution is -2.01. The van der Waals surface area contributed by atoms with Crippen molar-refractivity contribution in [1.29, 1.82) is 0 Å². The van der Waals surface area contributed by atoms with Crippen LogP contribution in [0.3, 0.4) is 0 Å². The van der Waals surface area contributed by atoms with E-state index in [9.17, 15) is 0 Å². The smallest absolute Gasteiger partial charge is 0.164 e. The van der Waals surface area contributed by atoms with Gasteiger partial charge in [-0.15, -0.1) is 0 Å². The third-order valence-electron chi connectivity index (χ3n) is 13.9. The highest BCUT2D eigenvalue weighted by atomic mass is 15.0. The zero-order valence-electron chi connectivity index (χ0n) is 39.8. The van der Waals surface area contributed by atoms with E-state index in [0.717, 1.165) is 61.3 Å². The summed E-state index contributed by atoms with van der Waals surface area (Å²) in [5, 5.41) is 2.49. The normalized spacial score (nSPS) is 11.3. The summed E-state index contributed by atoms with van der Waals surface area (Å²) >= 11 is 0. The highest BCUT2D eigenvalue weighted by molar-refractivity contribution is 6.09. The van der Waals surface area contributed by atoms with Crippen molar-refractivity contribution in [2.24, 2.45) is 0 Å². The van der Waals surface area contributed by atoms with Crippen molar-refractivity contribution in [3.05, 3.63) is 279 Å². The zero-order valence-corrected chi connectivity index (χ0v) is 39.8. The Morgan fingerprint density at radius 2 is 0.534 bits per heavy atom. The number of hydrogen-bond acceptors (Lipinski definition) is 3. The number of fused-ring (bicyclic) bond motifs is 3. The molecular formula is C69H46N4. The minimum Gasteiger partial charge on any atom is -0.309 e. The first-order valence-corrected chi connectivity index (χ1v) is 24.7. The first kappa shape index (κ1) is 43.3. The summed E-state index contributed by atoms with van der Waals surface area (Å²) in [6, 6.07) is 99.0. The molecule has 13 aromatic rings. The van der Waals surface area contributed by atoms with Gasteiger partial charge in [-0.1, -0.05) is 237 Å². The third kappa shape index (κ3) is 8.47. The van der Waals surface area contributed by atoms with Gasteiger partial charge in [0.2, 0.25) is 0 Å². The van der Waals surface area contributed by atoms with E-state index < -0.39 is 0 Å². The predicted octanol–water partition coefficient (Wildman–Crippen LogP) is 18.0. The lowest BCUT2D eigenvalue weighted by atomic mass is 9.95. The van der Waals surface area contributed by atoms with E-state index >= 15 is 0 Å². The Hall–Kier alpha value is -9.77. The average molecular weight is 931 g/mol. The molecule has 0 fully saturated rings. The number of benzene rings is 11. The van der Waals surface area contributed by atoms with Gasteiger partial charge in [0.25, 0.3) is 0 Å². The van der Waals surface area contributed by atoms with Gasteiger partial charge < -0.3 is 4.57 Å². The fourth-order valence-electron chi connectivity index (χ4n) is 10.2. The van der Waals surface area contributed by atoms with Crippen molar-refractivity contribution in [1.82, 2.24) is 19.5 Å². The molecular weight excluding hydrogens is 885 g/mol. The van der Waals surface area contributed by atoms with Crippen LogP contribution in [0, 0.1) is 0 Å². The summed E-state index contributed by atoms with van der Waals surface area (Å²) in [5.74, 6) is 1.82. The van der Waals surface area contributed by atoms with Gasteiger partial charge in [-0.25, -0.2) is 15.0 Å². The van der Waals surface area contributed by atoms with Crippen LogP contribution in [0.4, 0.5) is 0 Å². The number of rotatable bonds is 10. The van der Waals surface area contributed by atoms with Gasteiger partial charge in [-0.05, 0) is 109 Å². The van der Waals surface area contributed by atoms with Gasteiger partial charge in [0.1, 0.15) is 0 Å². The first-order chi connectivity index (χ1) is 36.2. The van der Waals surface area contributed by atoms with Crippen LogP contribution in [-0.4, -0.2) is 19.5 Å². The maximum atomic E-state index is 5.28. The molecule has 2 heterocycles. The molecule has 2 aromatic heterocycles. The van der Waals surface area contributed by atoms with E-state index in [4.69, 9.17) is 15.0 Å². The van der Waals surface area contributed by atoms with Gasteiger partial charge in [-0.3, -0.25) is 0 Å². The van der Waals surface area contributed by atoms with E-state index in [1.165, 1.54) is 49.6 Å². The first-order valence-electron chi connectivity index (χ1n) is 24.7. The Morgan fingerprint density at radius 3 is 1.04 bits per heavy atom. The van der Waals surface area contributed by atoms with E-state index in [0.29, 0.717) is 17.5 Å². The second-order valence-corrected chi connectivity index (χ2v) is 18.4. The topological polar surface area (TPSA) is 43.6 Å². The van der Waals surface area contributed by atoms with Crippen LogP contribution < -0.4 is 0 Å².